The van der Waals surface area contributed by atoms with Gasteiger partial charge in [0.25, 0.3) is 0 Å². The predicted octanol–water partition coefficient (Wildman–Crippen LogP) is 0.656. The Hall–Kier alpha value is -2.15. The number of hydrogen-bond acceptors (Lipinski definition) is 4. The van der Waals surface area contributed by atoms with Crippen molar-refractivity contribution in [3.8, 4) is 0 Å². The summed E-state index contributed by atoms with van der Waals surface area (Å²) in [5.41, 5.74) is 2.61. The highest BCUT2D eigenvalue weighted by atomic mass is 16.5. The van der Waals surface area contributed by atoms with Gasteiger partial charge in [-0.3, -0.25) is 9.48 Å². The highest BCUT2D eigenvalue weighted by molar-refractivity contribution is 5.94. The van der Waals surface area contributed by atoms with E-state index < -0.39 is 17.9 Å². The molecule has 21 heavy (non-hydrogen) atoms. The molecule has 0 aromatic carbocycles. The van der Waals surface area contributed by atoms with Crippen LogP contribution in [0.5, 0.6) is 0 Å². The number of amides is 1. The van der Waals surface area contributed by atoms with E-state index in [1.54, 1.807) is 10.8 Å². The number of aromatic nitrogens is 2. The summed E-state index contributed by atoms with van der Waals surface area (Å²) < 4.78 is 6.55. The van der Waals surface area contributed by atoms with E-state index in [1.807, 2.05) is 20.9 Å². The van der Waals surface area contributed by atoms with E-state index in [4.69, 9.17) is 9.84 Å². The van der Waals surface area contributed by atoms with Crippen LogP contribution in [-0.2, 0) is 21.4 Å². The Morgan fingerprint density at radius 2 is 2.14 bits per heavy atom. The van der Waals surface area contributed by atoms with Crippen LogP contribution >= 0.6 is 0 Å². The Bertz CT molecular complexity index is 549. The van der Waals surface area contributed by atoms with E-state index in [0.717, 1.165) is 17.0 Å². The number of hydrogen-bond donors (Lipinski definition) is 2. The quantitative estimate of drug-likeness (QED) is 0.721. The molecule has 1 aromatic rings. The maximum absolute atomic E-state index is 11.8. The first-order valence-electron chi connectivity index (χ1n) is 6.57. The molecule has 0 bridgehead atoms. The van der Waals surface area contributed by atoms with Crippen molar-refractivity contribution in [3.63, 3.8) is 0 Å². The summed E-state index contributed by atoms with van der Waals surface area (Å²) in [4.78, 5) is 22.8. The van der Waals surface area contributed by atoms with Crippen molar-refractivity contribution in [1.29, 1.82) is 0 Å². The predicted molar refractivity (Wildman–Crippen MR) is 77.8 cm³/mol. The maximum Gasteiger partial charge on any atom is 0.326 e. The molecule has 0 aliphatic carbocycles. The van der Waals surface area contributed by atoms with Gasteiger partial charge >= 0.3 is 5.97 Å². The molecule has 116 valence electrons. The van der Waals surface area contributed by atoms with Gasteiger partial charge < -0.3 is 15.2 Å². The molecule has 0 radical (unpaired) electrons. The topological polar surface area (TPSA) is 93.5 Å². The third-order valence-corrected chi connectivity index (χ3v) is 3.19. The van der Waals surface area contributed by atoms with E-state index in [0.29, 0.717) is 0 Å². The average molecular weight is 295 g/mol. The van der Waals surface area contributed by atoms with Gasteiger partial charge in [0, 0.05) is 44.5 Å². The first-order valence-corrected chi connectivity index (χ1v) is 6.57. The number of rotatable bonds is 7. The summed E-state index contributed by atoms with van der Waals surface area (Å²) >= 11 is 0. The SMILES string of the molecule is COCCC(NC(=O)C=Cc1c(C)nn(C)c1C)C(=O)O. The monoisotopic (exact) mass is 295 g/mol. The van der Waals surface area contributed by atoms with E-state index in [9.17, 15) is 9.59 Å². The van der Waals surface area contributed by atoms with Crippen molar-refractivity contribution in [3.05, 3.63) is 23.0 Å². The van der Waals surface area contributed by atoms with Crippen LogP contribution in [0.25, 0.3) is 6.08 Å². The van der Waals surface area contributed by atoms with Crippen molar-refractivity contribution in [1.82, 2.24) is 15.1 Å². The van der Waals surface area contributed by atoms with E-state index in [-0.39, 0.29) is 13.0 Å². The number of carbonyl (C=O) groups is 2. The molecule has 1 rings (SSSR count). The number of carboxylic acid groups (broad SMARTS) is 1. The second-order valence-electron chi connectivity index (χ2n) is 4.72. The summed E-state index contributed by atoms with van der Waals surface area (Å²) in [6.07, 6.45) is 3.18. The molecule has 0 spiro atoms. The van der Waals surface area contributed by atoms with Crippen molar-refractivity contribution >= 4 is 18.0 Å². The number of methoxy groups -OCH3 is 1. The van der Waals surface area contributed by atoms with Crippen LogP contribution in [0.4, 0.5) is 0 Å². The van der Waals surface area contributed by atoms with Gasteiger partial charge in [-0.25, -0.2) is 4.79 Å². The summed E-state index contributed by atoms with van der Waals surface area (Å²) in [7, 11) is 3.31. The van der Waals surface area contributed by atoms with Gasteiger partial charge in [0.05, 0.1) is 5.69 Å². The minimum Gasteiger partial charge on any atom is -0.480 e. The summed E-state index contributed by atoms with van der Waals surface area (Å²) in [5, 5.41) is 15.7. The first-order chi connectivity index (χ1) is 9.86. The number of nitrogens with one attached hydrogen (secondary N) is 1. The van der Waals surface area contributed by atoms with Crippen LogP contribution < -0.4 is 5.32 Å². The van der Waals surface area contributed by atoms with E-state index in [1.165, 1.54) is 13.2 Å². The molecule has 1 unspecified atom stereocenters. The van der Waals surface area contributed by atoms with Gasteiger partial charge in [0.2, 0.25) is 5.91 Å². The third kappa shape index (κ3) is 4.71. The fraction of sp³-hybridized carbons (Fsp3) is 0.500. The molecular weight excluding hydrogens is 274 g/mol. The van der Waals surface area contributed by atoms with Crippen molar-refractivity contribution in [2.75, 3.05) is 13.7 Å². The molecular formula is C14H21N3O4. The standard InChI is InChI=1S/C14H21N3O4/c1-9-11(10(2)17(3)16-9)5-6-13(18)15-12(14(19)20)7-8-21-4/h5-6,12H,7-8H2,1-4H3,(H,15,18)(H,19,20). The lowest BCUT2D eigenvalue weighted by atomic mass is 10.1. The molecule has 1 heterocycles. The highest BCUT2D eigenvalue weighted by Crippen LogP contribution is 2.13. The van der Waals surface area contributed by atoms with Crippen LogP contribution in [0.1, 0.15) is 23.4 Å². The second kappa shape index (κ2) is 7.58. The number of nitrogens with zero attached hydrogens (tertiary/aromatic N) is 2. The molecule has 2 N–H and O–H groups in total. The van der Waals surface area contributed by atoms with Gasteiger partial charge in [0.15, 0.2) is 0 Å². The Balaban J connectivity index is 2.71. The lowest BCUT2D eigenvalue weighted by Gasteiger charge is -2.12. The largest absolute Gasteiger partial charge is 0.480 e. The lowest BCUT2D eigenvalue weighted by molar-refractivity contribution is -0.141. The molecule has 0 fully saturated rings. The Labute approximate surface area is 123 Å². The summed E-state index contributed by atoms with van der Waals surface area (Å²) in [6.45, 7) is 4.02. The van der Waals surface area contributed by atoms with Crippen LogP contribution in [0.15, 0.2) is 6.08 Å². The van der Waals surface area contributed by atoms with Gasteiger partial charge in [-0.15, -0.1) is 0 Å². The lowest BCUT2D eigenvalue weighted by Crippen LogP contribution is -2.40. The number of ether oxygens (including phenoxy) is 1. The molecule has 0 aliphatic heterocycles. The van der Waals surface area contributed by atoms with Crippen molar-refractivity contribution in [2.24, 2.45) is 7.05 Å². The average Bonchev–Trinajstić information content (AvgIpc) is 2.66. The Morgan fingerprint density at radius 1 is 1.48 bits per heavy atom. The molecule has 1 amide bonds. The fourth-order valence-corrected chi connectivity index (χ4v) is 1.90. The fourth-order valence-electron chi connectivity index (χ4n) is 1.90. The molecule has 0 saturated carbocycles. The molecule has 1 aromatic heterocycles. The molecule has 0 saturated heterocycles. The molecule has 7 heteroatoms. The summed E-state index contributed by atoms with van der Waals surface area (Å²) in [6, 6.07) is -0.960. The van der Waals surface area contributed by atoms with Gasteiger partial charge in [0.1, 0.15) is 6.04 Å². The maximum atomic E-state index is 11.8. The Kier molecular flexibility index (Phi) is 6.10. The van der Waals surface area contributed by atoms with Crippen molar-refractivity contribution in [2.45, 2.75) is 26.3 Å². The van der Waals surface area contributed by atoms with Crippen molar-refractivity contribution < 1.29 is 19.4 Å². The van der Waals surface area contributed by atoms with Gasteiger partial charge in [-0.2, -0.15) is 5.10 Å². The van der Waals surface area contributed by atoms with Gasteiger partial charge in [-0.1, -0.05) is 0 Å². The number of carboxylic acids is 1. The minimum atomic E-state index is -1.08. The zero-order chi connectivity index (χ0) is 16.0. The zero-order valence-electron chi connectivity index (χ0n) is 12.7. The highest BCUT2D eigenvalue weighted by Gasteiger charge is 2.18. The number of carbonyl (C=O) groups excluding carboxylic acids is 1. The normalized spacial score (nSPS) is 12.6. The first kappa shape index (κ1) is 16.9. The smallest absolute Gasteiger partial charge is 0.326 e. The van der Waals surface area contributed by atoms with Crippen LogP contribution in [0, 0.1) is 13.8 Å². The molecule has 1 atom stereocenters. The van der Waals surface area contributed by atoms with E-state index >= 15 is 0 Å². The van der Waals surface area contributed by atoms with Crippen LogP contribution in [-0.4, -0.2) is 46.5 Å². The third-order valence-electron chi connectivity index (χ3n) is 3.19. The Morgan fingerprint density at radius 3 is 2.62 bits per heavy atom. The zero-order valence-corrected chi connectivity index (χ0v) is 12.7. The number of aliphatic carboxylic acids is 1. The second-order valence-corrected chi connectivity index (χ2v) is 4.72. The van der Waals surface area contributed by atoms with E-state index in [2.05, 4.69) is 10.4 Å². The minimum absolute atomic E-state index is 0.219. The van der Waals surface area contributed by atoms with Crippen LogP contribution in [0.2, 0.25) is 0 Å². The van der Waals surface area contributed by atoms with Gasteiger partial charge in [-0.05, 0) is 19.9 Å². The molecule has 0 aliphatic rings. The number of aryl methyl sites for hydroxylation is 2. The molecule has 7 nitrogen and oxygen atoms in total. The van der Waals surface area contributed by atoms with Crippen LogP contribution in [0.3, 0.4) is 0 Å². The summed E-state index contributed by atoms with van der Waals surface area (Å²) in [5.74, 6) is -1.54.